The van der Waals surface area contributed by atoms with Crippen LogP contribution in [0.5, 0.6) is 0 Å². The Hall–Kier alpha value is -2.99. The zero-order valence-corrected chi connectivity index (χ0v) is 16.0. The molecule has 3 amide bonds. The standard InChI is InChI=1S/C22H23N3O3/c1-13-5-6-14(2)19(10-13)25-21(27)17-8-7-15(11-18(17)22(25)28)20(26)24-16-4-3-9-23-12-16/h5-8,10-11,16,23H,3-4,9,12H2,1-2H3,(H,24,26). The van der Waals surface area contributed by atoms with E-state index in [-0.39, 0.29) is 29.3 Å². The van der Waals surface area contributed by atoms with Crippen molar-refractivity contribution in [2.75, 3.05) is 18.0 Å². The van der Waals surface area contributed by atoms with Crippen LogP contribution in [0.15, 0.2) is 36.4 Å². The van der Waals surface area contributed by atoms with Crippen LogP contribution in [0.1, 0.15) is 55.0 Å². The second-order valence-electron chi connectivity index (χ2n) is 7.51. The van der Waals surface area contributed by atoms with Crippen molar-refractivity contribution in [2.45, 2.75) is 32.7 Å². The molecule has 28 heavy (non-hydrogen) atoms. The van der Waals surface area contributed by atoms with Crippen molar-refractivity contribution in [3.63, 3.8) is 0 Å². The van der Waals surface area contributed by atoms with Gasteiger partial charge in [-0.05, 0) is 68.6 Å². The molecule has 0 radical (unpaired) electrons. The summed E-state index contributed by atoms with van der Waals surface area (Å²) in [6.45, 7) is 5.50. The number of benzene rings is 2. The second-order valence-corrected chi connectivity index (χ2v) is 7.51. The molecule has 144 valence electrons. The number of anilines is 1. The van der Waals surface area contributed by atoms with E-state index in [1.807, 2.05) is 32.0 Å². The Labute approximate surface area is 163 Å². The fourth-order valence-corrected chi connectivity index (χ4v) is 3.80. The first-order valence-electron chi connectivity index (χ1n) is 9.57. The van der Waals surface area contributed by atoms with Crippen molar-refractivity contribution >= 4 is 23.4 Å². The summed E-state index contributed by atoms with van der Waals surface area (Å²) < 4.78 is 0. The fraction of sp³-hybridized carbons (Fsp3) is 0.318. The molecule has 1 atom stereocenters. The Balaban J connectivity index is 1.62. The number of piperidine rings is 1. The number of hydrogen-bond acceptors (Lipinski definition) is 4. The molecule has 2 aliphatic rings. The molecule has 6 heteroatoms. The van der Waals surface area contributed by atoms with Crippen LogP contribution < -0.4 is 15.5 Å². The van der Waals surface area contributed by atoms with E-state index in [4.69, 9.17) is 0 Å². The minimum atomic E-state index is -0.386. The second kappa shape index (κ2) is 7.20. The number of imide groups is 1. The summed E-state index contributed by atoms with van der Waals surface area (Å²) in [5.41, 5.74) is 3.42. The molecule has 1 saturated heterocycles. The van der Waals surface area contributed by atoms with E-state index in [0.29, 0.717) is 16.8 Å². The highest BCUT2D eigenvalue weighted by Crippen LogP contribution is 2.31. The van der Waals surface area contributed by atoms with Crippen LogP contribution in [0.2, 0.25) is 0 Å². The topological polar surface area (TPSA) is 78.5 Å². The first-order chi connectivity index (χ1) is 13.5. The molecule has 2 N–H and O–H groups in total. The highest BCUT2D eigenvalue weighted by Gasteiger charge is 2.38. The maximum Gasteiger partial charge on any atom is 0.266 e. The third-order valence-corrected chi connectivity index (χ3v) is 5.39. The van der Waals surface area contributed by atoms with Crippen molar-refractivity contribution in [3.05, 3.63) is 64.2 Å². The SMILES string of the molecule is Cc1ccc(C)c(N2C(=O)c3ccc(C(=O)NC4CCCNC4)cc3C2=O)c1. The maximum absolute atomic E-state index is 13.0. The quantitative estimate of drug-likeness (QED) is 0.806. The highest BCUT2D eigenvalue weighted by atomic mass is 16.2. The molecule has 1 fully saturated rings. The lowest BCUT2D eigenvalue weighted by Gasteiger charge is -2.23. The van der Waals surface area contributed by atoms with Gasteiger partial charge in [0.1, 0.15) is 0 Å². The monoisotopic (exact) mass is 377 g/mol. The number of carbonyl (C=O) groups excluding carboxylic acids is 3. The Morgan fingerprint density at radius 2 is 1.86 bits per heavy atom. The van der Waals surface area contributed by atoms with E-state index in [1.54, 1.807) is 12.1 Å². The molecule has 2 aliphatic heterocycles. The summed E-state index contributed by atoms with van der Waals surface area (Å²) in [7, 11) is 0. The van der Waals surface area contributed by atoms with Crippen molar-refractivity contribution in [1.29, 1.82) is 0 Å². The molecule has 2 heterocycles. The molecule has 2 aromatic rings. The summed E-state index contributed by atoms with van der Waals surface area (Å²) in [5, 5.41) is 6.26. The number of nitrogens with one attached hydrogen (secondary N) is 2. The molecule has 0 saturated carbocycles. The van der Waals surface area contributed by atoms with E-state index in [9.17, 15) is 14.4 Å². The number of carbonyl (C=O) groups is 3. The third kappa shape index (κ3) is 3.20. The highest BCUT2D eigenvalue weighted by molar-refractivity contribution is 6.35. The Morgan fingerprint density at radius 3 is 2.61 bits per heavy atom. The first kappa shape index (κ1) is 18.4. The average Bonchev–Trinajstić information content (AvgIpc) is 2.94. The minimum absolute atomic E-state index is 0.0817. The molecule has 0 aromatic heterocycles. The average molecular weight is 377 g/mol. The van der Waals surface area contributed by atoms with Crippen molar-refractivity contribution < 1.29 is 14.4 Å². The first-order valence-corrected chi connectivity index (χ1v) is 9.57. The number of rotatable bonds is 3. The van der Waals surface area contributed by atoms with Crippen LogP contribution in [-0.2, 0) is 0 Å². The van der Waals surface area contributed by atoms with Gasteiger partial charge >= 0.3 is 0 Å². The van der Waals surface area contributed by atoms with Crippen LogP contribution >= 0.6 is 0 Å². The van der Waals surface area contributed by atoms with Crippen LogP contribution in [0.25, 0.3) is 0 Å². The van der Waals surface area contributed by atoms with Gasteiger partial charge in [0.05, 0.1) is 16.8 Å². The summed E-state index contributed by atoms with van der Waals surface area (Å²) >= 11 is 0. The number of hydrogen-bond donors (Lipinski definition) is 2. The van der Waals surface area contributed by atoms with Gasteiger partial charge in [-0.25, -0.2) is 4.90 Å². The van der Waals surface area contributed by atoms with Gasteiger partial charge in [0, 0.05) is 18.2 Å². The number of nitrogens with zero attached hydrogens (tertiary/aromatic N) is 1. The summed E-state index contributed by atoms with van der Waals surface area (Å²) in [6.07, 6.45) is 1.95. The van der Waals surface area contributed by atoms with Gasteiger partial charge in [-0.3, -0.25) is 14.4 Å². The largest absolute Gasteiger partial charge is 0.348 e. The van der Waals surface area contributed by atoms with Crippen molar-refractivity contribution in [2.24, 2.45) is 0 Å². The molecule has 6 nitrogen and oxygen atoms in total. The predicted octanol–water partition coefficient (Wildman–Crippen LogP) is 2.59. The van der Waals surface area contributed by atoms with Crippen LogP contribution in [-0.4, -0.2) is 36.9 Å². The molecule has 1 unspecified atom stereocenters. The van der Waals surface area contributed by atoms with Crippen molar-refractivity contribution in [1.82, 2.24) is 10.6 Å². The zero-order valence-electron chi connectivity index (χ0n) is 16.0. The minimum Gasteiger partial charge on any atom is -0.348 e. The van der Waals surface area contributed by atoms with E-state index in [0.717, 1.165) is 37.1 Å². The normalized spacial score (nSPS) is 18.9. The molecule has 2 aromatic carbocycles. The van der Waals surface area contributed by atoms with Gasteiger partial charge in [-0.15, -0.1) is 0 Å². The van der Waals surface area contributed by atoms with Crippen LogP contribution in [0.4, 0.5) is 5.69 Å². The molecule has 0 aliphatic carbocycles. The summed E-state index contributed by atoms with van der Waals surface area (Å²) in [5.74, 6) is -0.957. The smallest absolute Gasteiger partial charge is 0.266 e. The van der Waals surface area contributed by atoms with Crippen molar-refractivity contribution in [3.8, 4) is 0 Å². The van der Waals surface area contributed by atoms with Gasteiger partial charge in [-0.2, -0.15) is 0 Å². The van der Waals surface area contributed by atoms with E-state index in [1.165, 1.54) is 11.0 Å². The van der Waals surface area contributed by atoms with Gasteiger partial charge in [0.25, 0.3) is 17.7 Å². The molecule has 0 spiro atoms. The predicted molar refractivity (Wildman–Crippen MR) is 107 cm³/mol. The van der Waals surface area contributed by atoms with Gasteiger partial charge in [0.2, 0.25) is 0 Å². The van der Waals surface area contributed by atoms with E-state index >= 15 is 0 Å². The Morgan fingerprint density at radius 1 is 1.07 bits per heavy atom. The molecule has 0 bridgehead atoms. The van der Waals surface area contributed by atoms with E-state index in [2.05, 4.69) is 10.6 Å². The molecular formula is C22H23N3O3. The van der Waals surface area contributed by atoms with Crippen LogP contribution in [0, 0.1) is 13.8 Å². The summed E-state index contributed by atoms with van der Waals surface area (Å²) in [6, 6.07) is 10.5. The fourth-order valence-electron chi connectivity index (χ4n) is 3.80. The lowest BCUT2D eigenvalue weighted by molar-refractivity contribution is 0.0919. The lowest BCUT2D eigenvalue weighted by atomic mass is 10.0. The van der Waals surface area contributed by atoms with Gasteiger partial charge < -0.3 is 10.6 Å². The van der Waals surface area contributed by atoms with E-state index < -0.39 is 0 Å². The zero-order chi connectivity index (χ0) is 19.8. The lowest BCUT2D eigenvalue weighted by Crippen LogP contribution is -2.45. The molecular weight excluding hydrogens is 354 g/mol. The van der Waals surface area contributed by atoms with Gasteiger partial charge in [-0.1, -0.05) is 12.1 Å². The Bertz CT molecular complexity index is 977. The third-order valence-electron chi connectivity index (χ3n) is 5.39. The maximum atomic E-state index is 13.0. The van der Waals surface area contributed by atoms with Crippen LogP contribution in [0.3, 0.4) is 0 Å². The summed E-state index contributed by atoms with van der Waals surface area (Å²) in [4.78, 5) is 39.7. The molecule has 4 rings (SSSR count). The number of aryl methyl sites for hydroxylation is 2. The van der Waals surface area contributed by atoms with Gasteiger partial charge in [0.15, 0.2) is 0 Å². The Kier molecular flexibility index (Phi) is 4.73. The number of amides is 3. The number of fused-ring (bicyclic) bond motifs is 1.